The molecule has 0 aliphatic rings. The first kappa shape index (κ1) is 7.91. The van der Waals surface area contributed by atoms with E-state index in [0.717, 1.165) is 11.1 Å². The van der Waals surface area contributed by atoms with E-state index in [0.29, 0.717) is 6.42 Å². The lowest BCUT2D eigenvalue weighted by Crippen LogP contribution is -1.98. The van der Waals surface area contributed by atoms with Gasteiger partial charge < -0.3 is 0 Å². The van der Waals surface area contributed by atoms with Gasteiger partial charge in [-0.2, -0.15) is 0 Å². The van der Waals surface area contributed by atoms with E-state index in [2.05, 4.69) is 10.3 Å². The molecule has 2 rings (SSSR count). The van der Waals surface area contributed by atoms with Gasteiger partial charge in [0.05, 0.1) is 11.7 Å². The third kappa shape index (κ3) is 1.56. The smallest absolute Gasteiger partial charge is 0.134 e. The van der Waals surface area contributed by atoms with Crippen LogP contribution in [-0.2, 0) is 11.2 Å². The van der Waals surface area contributed by atoms with Gasteiger partial charge in [0.1, 0.15) is 5.78 Å². The Bertz CT molecular complexity index is 447. The molecule has 2 aromatic rings. The van der Waals surface area contributed by atoms with Gasteiger partial charge in [-0.3, -0.25) is 4.79 Å². The van der Waals surface area contributed by atoms with Crippen LogP contribution in [0.4, 0.5) is 0 Å². The molecule has 0 amide bonds. The average Bonchev–Trinajstić information content (AvgIpc) is 2.49. The number of nitrogens with zero attached hydrogens (tertiary/aromatic N) is 3. The van der Waals surface area contributed by atoms with E-state index in [1.165, 1.54) is 0 Å². The molecule has 0 saturated carbocycles. The summed E-state index contributed by atoms with van der Waals surface area (Å²) in [6.45, 7) is 1.57. The maximum absolute atomic E-state index is 10.8. The Kier molecular flexibility index (Phi) is 1.81. The average molecular weight is 175 g/mol. The van der Waals surface area contributed by atoms with Gasteiger partial charge in [-0.25, -0.2) is 4.52 Å². The Morgan fingerprint density at radius 3 is 3.15 bits per heavy atom. The second kappa shape index (κ2) is 2.97. The maximum Gasteiger partial charge on any atom is 0.134 e. The molecule has 0 fully saturated rings. The topological polar surface area (TPSA) is 47.3 Å². The molecule has 0 unspecified atom stereocenters. The van der Waals surface area contributed by atoms with E-state index in [-0.39, 0.29) is 5.78 Å². The number of rotatable bonds is 2. The minimum atomic E-state index is 0.152. The number of hydrogen-bond acceptors (Lipinski definition) is 3. The molecule has 0 aliphatic carbocycles. The number of fused-ring (bicyclic) bond motifs is 1. The van der Waals surface area contributed by atoms with Crippen molar-refractivity contribution in [1.82, 2.24) is 14.8 Å². The van der Waals surface area contributed by atoms with E-state index >= 15 is 0 Å². The fourth-order valence-corrected chi connectivity index (χ4v) is 1.26. The van der Waals surface area contributed by atoms with Gasteiger partial charge >= 0.3 is 0 Å². The van der Waals surface area contributed by atoms with Crippen LogP contribution >= 0.6 is 0 Å². The summed E-state index contributed by atoms with van der Waals surface area (Å²) in [6, 6.07) is 3.82. The SMILES string of the molecule is CC(=O)Cc1ccc2cnnn2c1. The van der Waals surface area contributed by atoms with Crippen molar-refractivity contribution in [1.29, 1.82) is 0 Å². The van der Waals surface area contributed by atoms with Gasteiger partial charge in [-0.15, -0.1) is 5.10 Å². The second-order valence-electron chi connectivity index (χ2n) is 3.02. The third-order valence-electron chi connectivity index (χ3n) is 1.81. The summed E-state index contributed by atoms with van der Waals surface area (Å²) in [6.07, 6.45) is 3.96. The normalized spacial score (nSPS) is 10.5. The third-order valence-corrected chi connectivity index (χ3v) is 1.81. The first-order valence-electron chi connectivity index (χ1n) is 4.04. The Balaban J connectivity index is 2.42. The van der Waals surface area contributed by atoms with Crippen molar-refractivity contribution in [2.75, 3.05) is 0 Å². The van der Waals surface area contributed by atoms with Crippen molar-refractivity contribution in [3.63, 3.8) is 0 Å². The highest BCUT2D eigenvalue weighted by Gasteiger charge is 1.99. The van der Waals surface area contributed by atoms with E-state index in [4.69, 9.17) is 0 Å². The monoisotopic (exact) mass is 175 g/mol. The predicted octanol–water partition coefficient (Wildman–Crippen LogP) is 0.861. The molecule has 13 heavy (non-hydrogen) atoms. The molecule has 0 bridgehead atoms. The zero-order valence-electron chi connectivity index (χ0n) is 7.27. The van der Waals surface area contributed by atoms with E-state index < -0.39 is 0 Å². The summed E-state index contributed by atoms with van der Waals surface area (Å²) in [5.41, 5.74) is 1.90. The molecule has 0 radical (unpaired) electrons. The standard InChI is InChI=1S/C9H9N3O/c1-7(13)4-8-2-3-9-5-10-11-12(9)6-8/h2-3,5-6H,4H2,1H3. The molecule has 4 nitrogen and oxygen atoms in total. The minimum Gasteiger partial charge on any atom is -0.300 e. The predicted molar refractivity (Wildman–Crippen MR) is 47.4 cm³/mol. The van der Waals surface area contributed by atoms with Crippen LogP contribution in [0.1, 0.15) is 12.5 Å². The number of Topliss-reactive ketones (excluding diaryl/α,β-unsaturated/α-hetero) is 1. The largest absolute Gasteiger partial charge is 0.300 e. The van der Waals surface area contributed by atoms with Gasteiger partial charge in [-0.1, -0.05) is 11.3 Å². The van der Waals surface area contributed by atoms with Crippen molar-refractivity contribution in [2.45, 2.75) is 13.3 Å². The maximum atomic E-state index is 10.8. The Morgan fingerprint density at radius 2 is 2.38 bits per heavy atom. The van der Waals surface area contributed by atoms with Crippen LogP contribution in [0.3, 0.4) is 0 Å². The summed E-state index contributed by atoms with van der Waals surface area (Å²) in [4.78, 5) is 10.8. The fourth-order valence-electron chi connectivity index (χ4n) is 1.26. The van der Waals surface area contributed by atoms with Crippen molar-refractivity contribution in [3.8, 4) is 0 Å². The van der Waals surface area contributed by atoms with Gasteiger partial charge in [0.15, 0.2) is 0 Å². The van der Waals surface area contributed by atoms with Crippen molar-refractivity contribution in [2.24, 2.45) is 0 Å². The van der Waals surface area contributed by atoms with Crippen LogP contribution in [0, 0.1) is 0 Å². The van der Waals surface area contributed by atoms with Crippen molar-refractivity contribution < 1.29 is 4.79 Å². The highest BCUT2D eigenvalue weighted by atomic mass is 16.1. The van der Waals surface area contributed by atoms with Crippen LogP contribution in [0.25, 0.3) is 5.52 Å². The zero-order chi connectivity index (χ0) is 9.26. The Morgan fingerprint density at radius 1 is 1.54 bits per heavy atom. The number of carbonyl (C=O) groups is 1. The van der Waals surface area contributed by atoms with Crippen LogP contribution in [-0.4, -0.2) is 20.6 Å². The highest BCUT2D eigenvalue weighted by molar-refractivity contribution is 5.78. The number of aromatic nitrogens is 3. The lowest BCUT2D eigenvalue weighted by atomic mass is 10.1. The van der Waals surface area contributed by atoms with E-state index in [9.17, 15) is 4.79 Å². The fraction of sp³-hybridized carbons (Fsp3) is 0.222. The van der Waals surface area contributed by atoms with E-state index in [1.54, 1.807) is 17.6 Å². The molecule has 2 aromatic heterocycles. The summed E-state index contributed by atoms with van der Waals surface area (Å²) < 4.78 is 1.66. The van der Waals surface area contributed by atoms with E-state index in [1.807, 2.05) is 18.3 Å². The molecule has 0 spiro atoms. The number of hydrogen-bond donors (Lipinski definition) is 0. The van der Waals surface area contributed by atoms with Crippen molar-refractivity contribution >= 4 is 11.3 Å². The van der Waals surface area contributed by atoms with Gasteiger partial charge in [0.2, 0.25) is 0 Å². The first-order valence-corrected chi connectivity index (χ1v) is 4.04. The zero-order valence-corrected chi connectivity index (χ0v) is 7.27. The lowest BCUT2D eigenvalue weighted by molar-refractivity contribution is -0.116. The summed E-state index contributed by atoms with van der Waals surface area (Å²) in [5.74, 6) is 0.152. The minimum absolute atomic E-state index is 0.152. The molecule has 0 aromatic carbocycles. The Labute approximate surface area is 75.2 Å². The summed E-state index contributed by atoms with van der Waals surface area (Å²) >= 11 is 0. The van der Waals surface area contributed by atoms with Gasteiger partial charge in [0.25, 0.3) is 0 Å². The van der Waals surface area contributed by atoms with Crippen molar-refractivity contribution in [3.05, 3.63) is 30.1 Å². The van der Waals surface area contributed by atoms with Gasteiger partial charge in [0, 0.05) is 12.6 Å². The van der Waals surface area contributed by atoms with Crippen LogP contribution in [0.15, 0.2) is 24.5 Å². The molecular formula is C9H9N3O. The first-order chi connectivity index (χ1) is 6.25. The molecule has 0 saturated heterocycles. The molecular weight excluding hydrogens is 166 g/mol. The number of ketones is 1. The highest BCUT2D eigenvalue weighted by Crippen LogP contribution is 2.04. The molecule has 2 heterocycles. The molecule has 0 aliphatic heterocycles. The summed E-state index contributed by atoms with van der Waals surface area (Å²) in [5, 5.41) is 7.59. The number of pyridine rings is 1. The Hall–Kier alpha value is -1.71. The number of carbonyl (C=O) groups excluding carboxylic acids is 1. The quantitative estimate of drug-likeness (QED) is 0.680. The molecule has 0 N–H and O–H groups in total. The second-order valence-corrected chi connectivity index (χ2v) is 3.02. The van der Waals surface area contributed by atoms with Crippen LogP contribution in [0.2, 0.25) is 0 Å². The van der Waals surface area contributed by atoms with Gasteiger partial charge in [-0.05, 0) is 18.6 Å². The molecule has 4 heteroatoms. The van der Waals surface area contributed by atoms with Crippen LogP contribution < -0.4 is 0 Å². The molecule has 66 valence electrons. The lowest BCUT2D eigenvalue weighted by Gasteiger charge is -1.97. The summed E-state index contributed by atoms with van der Waals surface area (Å²) in [7, 11) is 0. The molecule has 0 atom stereocenters. The van der Waals surface area contributed by atoms with Crippen LogP contribution in [0.5, 0.6) is 0 Å².